The van der Waals surface area contributed by atoms with E-state index in [1.807, 2.05) is 0 Å². The van der Waals surface area contributed by atoms with Crippen LogP contribution < -0.4 is 0 Å². The third-order valence-electron chi connectivity index (χ3n) is 2.99. The van der Waals surface area contributed by atoms with E-state index in [0.717, 1.165) is 18.2 Å². The molecule has 18 heavy (non-hydrogen) atoms. The van der Waals surface area contributed by atoms with Gasteiger partial charge in [-0.2, -0.15) is 11.8 Å². The first-order chi connectivity index (χ1) is 8.47. The highest BCUT2D eigenvalue weighted by atomic mass is 32.2. The molecule has 0 aliphatic carbocycles. The van der Waals surface area contributed by atoms with Crippen molar-refractivity contribution in [2.45, 2.75) is 29.6 Å². The Hall–Kier alpha value is -0.550. The predicted octanol–water partition coefficient (Wildman–Crippen LogP) is 3.77. The van der Waals surface area contributed by atoms with Crippen LogP contribution >= 0.6 is 23.5 Å². The molecule has 1 saturated heterocycles. The lowest BCUT2D eigenvalue weighted by Crippen LogP contribution is -2.31. The largest absolute Gasteiger partial charge is 0.293 e. The molecule has 1 fully saturated rings. The lowest BCUT2D eigenvalue weighted by atomic mass is 10.1. The summed E-state index contributed by atoms with van der Waals surface area (Å²) in [5, 5.41) is 0.668. The lowest BCUT2D eigenvalue weighted by Gasteiger charge is -2.30. The number of rotatable bonds is 2. The SMILES string of the molecule is CC1SCC(C(=O)c2cc(F)cc(F)c2)SC1C. The zero-order chi connectivity index (χ0) is 13.3. The average molecular weight is 288 g/mol. The van der Waals surface area contributed by atoms with E-state index in [0.29, 0.717) is 16.3 Å². The topological polar surface area (TPSA) is 17.1 Å². The summed E-state index contributed by atoms with van der Waals surface area (Å²) in [6, 6.07) is 3.00. The molecule has 3 atom stereocenters. The fraction of sp³-hybridized carbons (Fsp3) is 0.462. The molecule has 1 aliphatic heterocycles. The molecule has 0 radical (unpaired) electrons. The van der Waals surface area contributed by atoms with Gasteiger partial charge in [0.2, 0.25) is 0 Å². The predicted molar refractivity (Wildman–Crippen MR) is 73.4 cm³/mol. The molecular formula is C13H14F2OS2. The molecule has 1 nitrogen and oxygen atoms in total. The van der Waals surface area contributed by atoms with Gasteiger partial charge in [0.15, 0.2) is 5.78 Å². The molecule has 0 amide bonds. The molecule has 5 heteroatoms. The second kappa shape index (κ2) is 5.61. The van der Waals surface area contributed by atoms with Gasteiger partial charge in [-0.05, 0) is 12.1 Å². The van der Waals surface area contributed by atoms with Gasteiger partial charge >= 0.3 is 0 Å². The highest BCUT2D eigenvalue weighted by Gasteiger charge is 2.31. The minimum Gasteiger partial charge on any atom is -0.293 e. The summed E-state index contributed by atoms with van der Waals surface area (Å²) in [5.41, 5.74) is 0.132. The zero-order valence-corrected chi connectivity index (χ0v) is 11.8. The van der Waals surface area contributed by atoms with E-state index in [1.54, 1.807) is 23.5 Å². The van der Waals surface area contributed by atoms with Crippen molar-refractivity contribution >= 4 is 29.3 Å². The van der Waals surface area contributed by atoms with E-state index >= 15 is 0 Å². The maximum atomic E-state index is 13.1. The molecule has 0 saturated carbocycles. The first kappa shape index (κ1) is 13.9. The molecule has 3 unspecified atom stereocenters. The molecule has 1 aliphatic rings. The molecule has 1 aromatic rings. The van der Waals surface area contributed by atoms with Crippen molar-refractivity contribution in [3.63, 3.8) is 0 Å². The Kier molecular flexibility index (Phi) is 4.33. The van der Waals surface area contributed by atoms with Crippen LogP contribution in [0.5, 0.6) is 0 Å². The fourth-order valence-corrected chi connectivity index (χ4v) is 4.68. The molecule has 2 rings (SSSR count). The summed E-state index contributed by atoms with van der Waals surface area (Å²) in [6.45, 7) is 4.21. The second-order valence-corrected chi connectivity index (χ2v) is 7.39. The summed E-state index contributed by atoms with van der Waals surface area (Å²) < 4.78 is 26.2. The molecular weight excluding hydrogens is 274 g/mol. The number of Topliss-reactive ketones (excluding diaryl/α,β-unsaturated/α-hetero) is 1. The van der Waals surface area contributed by atoms with Crippen molar-refractivity contribution < 1.29 is 13.6 Å². The minimum absolute atomic E-state index is 0.132. The number of hydrogen-bond donors (Lipinski definition) is 0. The van der Waals surface area contributed by atoms with Crippen LogP contribution in [0.3, 0.4) is 0 Å². The molecule has 0 bridgehead atoms. The minimum atomic E-state index is -0.701. The Labute approximate surface area is 114 Å². The van der Waals surface area contributed by atoms with E-state index in [2.05, 4.69) is 13.8 Å². The first-order valence-electron chi connectivity index (χ1n) is 5.74. The van der Waals surface area contributed by atoms with Crippen LogP contribution in [0.4, 0.5) is 8.78 Å². The molecule has 0 N–H and O–H groups in total. The van der Waals surface area contributed by atoms with Gasteiger partial charge in [0.1, 0.15) is 11.6 Å². The van der Waals surface area contributed by atoms with E-state index in [-0.39, 0.29) is 16.6 Å². The van der Waals surface area contributed by atoms with Gasteiger partial charge in [-0.3, -0.25) is 4.79 Å². The Morgan fingerprint density at radius 1 is 1.17 bits per heavy atom. The quantitative estimate of drug-likeness (QED) is 0.771. The van der Waals surface area contributed by atoms with Gasteiger partial charge in [0.25, 0.3) is 0 Å². The van der Waals surface area contributed by atoms with Crippen molar-refractivity contribution in [1.82, 2.24) is 0 Å². The van der Waals surface area contributed by atoms with E-state index < -0.39 is 11.6 Å². The Balaban J connectivity index is 2.16. The monoisotopic (exact) mass is 288 g/mol. The van der Waals surface area contributed by atoms with Crippen LogP contribution in [-0.4, -0.2) is 27.3 Å². The molecule has 0 spiro atoms. The van der Waals surface area contributed by atoms with Crippen LogP contribution in [0, 0.1) is 11.6 Å². The maximum Gasteiger partial charge on any atom is 0.176 e. The van der Waals surface area contributed by atoms with E-state index in [1.165, 1.54) is 0 Å². The summed E-state index contributed by atoms with van der Waals surface area (Å²) in [6.07, 6.45) is 0. The number of carbonyl (C=O) groups is 1. The standard InChI is InChI=1S/C13H14F2OS2/c1-7-8(2)18-12(6-17-7)13(16)9-3-10(14)5-11(15)4-9/h3-5,7-8,12H,6H2,1-2H3. The van der Waals surface area contributed by atoms with Crippen LogP contribution in [-0.2, 0) is 0 Å². The summed E-state index contributed by atoms with van der Waals surface area (Å²) >= 11 is 3.33. The van der Waals surface area contributed by atoms with Crippen molar-refractivity contribution in [3.8, 4) is 0 Å². The van der Waals surface area contributed by atoms with E-state index in [9.17, 15) is 13.6 Å². The number of carbonyl (C=O) groups excluding carboxylic acids is 1. The maximum absolute atomic E-state index is 13.1. The van der Waals surface area contributed by atoms with Gasteiger partial charge < -0.3 is 0 Å². The average Bonchev–Trinajstić information content (AvgIpc) is 2.30. The van der Waals surface area contributed by atoms with E-state index in [4.69, 9.17) is 0 Å². The van der Waals surface area contributed by atoms with Gasteiger partial charge in [-0.1, -0.05) is 13.8 Å². The normalized spacial score (nSPS) is 28.1. The van der Waals surface area contributed by atoms with Gasteiger partial charge in [-0.15, -0.1) is 11.8 Å². The number of benzene rings is 1. The second-order valence-electron chi connectivity index (χ2n) is 4.39. The summed E-state index contributed by atoms with van der Waals surface area (Å²) in [7, 11) is 0. The fourth-order valence-electron chi connectivity index (χ4n) is 1.80. The summed E-state index contributed by atoms with van der Waals surface area (Å²) in [4.78, 5) is 12.2. The third-order valence-corrected chi connectivity index (χ3v) is 6.38. The van der Waals surface area contributed by atoms with Crippen molar-refractivity contribution in [1.29, 1.82) is 0 Å². The van der Waals surface area contributed by atoms with Crippen molar-refractivity contribution in [3.05, 3.63) is 35.4 Å². The third kappa shape index (κ3) is 3.06. The van der Waals surface area contributed by atoms with Gasteiger partial charge in [0.05, 0.1) is 5.25 Å². The zero-order valence-electron chi connectivity index (χ0n) is 10.2. The van der Waals surface area contributed by atoms with Crippen molar-refractivity contribution in [2.75, 3.05) is 5.75 Å². The van der Waals surface area contributed by atoms with Crippen molar-refractivity contribution in [2.24, 2.45) is 0 Å². The first-order valence-corrected chi connectivity index (χ1v) is 7.74. The summed E-state index contributed by atoms with van der Waals surface area (Å²) in [5.74, 6) is -0.876. The van der Waals surface area contributed by atoms with Crippen LogP contribution in [0.25, 0.3) is 0 Å². The Bertz CT molecular complexity index is 444. The highest BCUT2D eigenvalue weighted by Crippen LogP contribution is 2.37. The van der Waals surface area contributed by atoms with Crippen LogP contribution in [0.1, 0.15) is 24.2 Å². The number of hydrogen-bond acceptors (Lipinski definition) is 3. The molecule has 0 aromatic heterocycles. The van der Waals surface area contributed by atoms with Crippen LogP contribution in [0.2, 0.25) is 0 Å². The number of halogens is 2. The number of thioether (sulfide) groups is 2. The molecule has 1 aromatic carbocycles. The lowest BCUT2D eigenvalue weighted by molar-refractivity contribution is 0.0994. The van der Waals surface area contributed by atoms with Gasteiger partial charge in [-0.25, -0.2) is 8.78 Å². The molecule has 98 valence electrons. The Morgan fingerprint density at radius 3 is 2.33 bits per heavy atom. The smallest absolute Gasteiger partial charge is 0.176 e. The van der Waals surface area contributed by atoms with Gasteiger partial charge in [0, 0.05) is 27.9 Å². The highest BCUT2D eigenvalue weighted by molar-refractivity contribution is 8.08. The van der Waals surface area contributed by atoms with Crippen LogP contribution in [0.15, 0.2) is 18.2 Å². The molecule has 1 heterocycles. The number of ketones is 1. The Morgan fingerprint density at radius 2 is 1.78 bits per heavy atom.